The van der Waals surface area contributed by atoms with Gasteiger partial charge in [0.2, 0.25) is 0 Å². The zero-order valence-electron chi connectivity index (χ0n) is 10.8. The maximum absolute atomic E-state index is 12.2. The molecular formula is C13H17N3O3. The number of aryl methyl sites for hydroxylation is 1. The van der Waals surface area contributed by atoms with Crippen molar-refractivity contribution in [1.29, 1.82) is 0 Å². The van der Waals surface area contributed by atoms with Crippen LogP contribution in [0.4, 0.5) is 5.69 Å². The summed E-state index contributed by atoms with van der Waals surface area (Å²) in [4.78, 5) is 22.7. The fourth-order valence-corrected chi connectivity index (χ4v) is 2.33. The molecular weight excluding hydrogens is 246 g/mol. The lowest BCUT2D eigenvalue weighted by Gasteiger charge is -2.24. The molecule has 2 N–H and O–H groups in total. The van der Waals surface area contributed by atoms with Gasteiger partial charge in [0.25, 0.3) is 11.6 Å². The van der Waals surface area contributed by atoms with E-state index < -0.39 is 4.92 Å². The number of benzene rings is 1. The minimum atomic E-state index is -0.513. The molecule has 102 valence electrons. The van der Waals surface area contributed by atoms with E-state index in [1.165, 1.54) is 6.07 Å². The van der Waals surface area contributed by atoms with Crippen LogP contribution in [0.25, 0.3) is 0 Å². The number of nitro benzene ring substituents is 1. The average Bonchev–Trinajstić information content (AvgIpc) is 2.39. The summed E-state index contributed by atoms with van der Waals surface area (Å²) in [5.74, 6) is -0.362. The monoisotopic (exact) mass is 263 g/mol. The Morgan fingerprint density at radius 2 is 2.32 bits per heavy atom. The van der Waals surface area contributed by atoms with Gasteiger partial charge in [0, 0.05) is 18.7 Å². The largest absolute Gasteiger partial charge is 0.348 e. The molecule has 6 heteroatoms. The molecule has 0 bridgehead atoms. The van der Waals surface area contributed by atoms with Gasteiger partial charge in [-0.2, -0.15) is 0 Å². The minimum absolute atomic E-state index is 0.0421. The van der Waals surface area contributed by atoms with Gasteiger partial charge in [0.1, 0.15) is 5.56 Å². The number of carbonyl (C=O) groups excluding carboxylic acids is 1. The van der Waals surface area contributed by atoms with E-state index in [-0.39, 0.29) is 23.2 Å². The molecule has 1 aliphatic heterocycles. The molecule has 19 heavy (non-hydrogen) atoms. The molecule has 2 rings (SSSR count). The number of amides is 1. The van der Waals surface area contributed by atoms with E-state index in [2.05, 4.69) is 10.6 Å². The van der Waals surface area contributed by atoms with E-state index in [1.807, 2.05) is 0 Å². The molecule has 0 aromatic heterocycles. The van der Waals surface area contributed by atoms with Crippen molar-refractivity contribution in [2.75, 3.05) is 13.1 Å². The number of hydrogen-bond donors (Lipinski definition) is 2. The third-order valence-corrected chi connectivity index (χ3v) is 3.31. The first kappa shape index (κ1) is 13.5. The molecule has 6 nitrogen and oxygen atoms in total. The highest BCUT2D eigenvalue weighted by Crippen LogP contribution is 2.22. The van der Waals surface area contributed by atoms with Crippen LogP contribution in [0.2, 0.25) is 0 Å². The number of piperidine rings is 1. The van der Waals surface area contributed by atoms with Gasteiger partial charge in [0.15, 0.2) is 0 Å². The molecule has 1 aromatic rings. The second-order valence-corrected chi connectivity index (χ2v) is 4.74. The summed E-state index contributed by atoms with van der Waals surface area (Å²) in [6.07, 6.45) is 1.90. The standard InChI is InChI=1S/C13H17N3O3/c1-9-4-2-6-11(16(18)19)12(9)13(17)15-10-5-3-7-14-8-10/h2,4,6,10,14H,3,5,7-8H2,1H3,(H,15,17)/t10-/m0/s1. The first-order chi connectivity index (χ1) is 9.09. The molecule has 0 radical (unpaired) electrons. The van der Waals surface area contributed by atoms with Crippen molar-refractivity contribution in [3.8, 4) is 0 Å². The van der Waals surface area contributed by atoms with Crippen molar-refractivity contribution >= 4 is 11.6 Å². The molecule has 1 fully saturated rings. The smallest absolute Gasteiger partial charge is 0.282 e. The summed E-state index contributed by atoms with van der Waals surface area (Å²) in [6, 6.07) is 4.70. The number of nitrogens with zero attached hydrogens (tertiary/aromatic N) is 1. The number of nitro groups is 1. The van der Waals surface area contributed by atoms with Crippen molar-refractivity contribution in [2.24, 2.45) is 0 Å². The Labute approximate surface area is 111 Å². The van der Waals surface area contributed by atoms with Crippen LogP contribution in [0.1, 0.15) is 28.8 Å². The highest BCUT2D eigenvalue weighted by Gasteiger charge is 2.24. The lowest BCUT2D eigenvalue weighted by atomic mass is 10.0. The Balaban J connectivity index is 2.20. The maximum Gasteiger partial charge on any atom is 0.282 e. The summed E-state index contributed by atoms with van der Waals surface area (Å²) in [5, 5.41) is 17.0. The maximum atomic E-state index is 12.2. The highest BCUT2D eigenvalue weighted by atomic mass is 16.6. The van der Waals surface area contributed by atoms with Gasteiger partial charge in [-0.3, -0.25) is 14.9 Å². The molecule has 1 saturated heterocycles. The summed E-state index contributed by atoms with van der Waals surface area (Å²) >= 11 is 0. The third kappa shape index (κ3) is 3.08. The predicted molar refractivity (Wildman–Crippen MR) is 71.2 cm³/mol. The van der Waals surface area contributed by atoms with Gasteiger partial charge < -0.3 is 10.6 Å². The van der Waals surface area contributed by atoms with Gasteiger partial charge in [-0.1, -0.05) is 12.1 Å². The molecule has 1 heterocycles. The normalized spacial score (nSPS) is 18.9. The molecule has 1 amide bonds. The first-order valence-electron chi connectivity index (χ1n) is 6.35. The molecule has 0 unspecified atom stereocenters. The van der Waals surface area contributed by atoms with E-state index in [0.717, 1.165) is 19.4 Å². The second kappa shape index (κ2) is 5.79. The van der Waals surface area contributed by atoms with E-state index in [1.54, 1.807) is 19.1 Å². The van der Waals surface area contributed by atoms with Crippen LogP contribution in [0.3, 0.4) is 0 Å². The van der Waals surface area contributed by atoms with Crippen LogP contribution < -0.4 is 10.6 Å². The van der Waals surface area contributed by atoms with Crippen LogP contribution in [0.15, 0.2) is 18.2 Å². The van der Waals surface area contributed by atoms with Crippen LogP contribution in [-0.2, 0) is 0 Å². The van der Waals surface area contributed by atoms with Crippen molar-refractivity contribution in [2.45, 2.75) is 25.8 Å². The highest BCUT2D eigenvalue weighted by molar-refractivity contribution is 5.99. The summed E-state index contributed by atoms with van der Waals surface area (Å²) < 4.78 is 0. The van der Waals surface area contributed by atoms with E-state index in [9.17, 15) is 14.9 Å². The van der Waals surface area contributed by atoms with Gasteiger partial charge in [0.05, 0.1) is 4.92 Å². The first-order valence-corrected chi connectivity index (χ1v) is 6.35. The summed E-state index contributed by atoms with van der Waals surface area (Å²) in [7, 11) is 0. The second-order valence-electron chi connectivity index (χ2n) is 4.74. The van der Waals surface area contributed by atoms with Crippen molar-refractivity contribution < 1.29 is 9.72 Å². The molecule has 1 aliphatic rings. The van der Waals surface area contributed by atoms with E-state index in [4.69, 9.17) is 0 Å². The number of rotatable bonds is 3. The topological polar surface area (TPSA) is 84.3 Å². The van der Waals surface area contributed by atoms with Gasteiger partial charge in [-0.25, -0.2) is 0 Å². The summed E-state index contributed by atoms with van der Waals surface area (Å²) in [5.41, 5.74) is 0.648. The minimum Gasteiger partial charge on any atom is -0.348 e. The average molecular weight is 263 g/mol. The van der Waals surface area contributed by atoms with Crippen molar-refractivity contribution in [3.05, 3.63) is 39.4 Å². The predicted octanol–water partition coefficient (Wildman–Crippen LogP) is 1.39. The lowest BCUT2D eigenvalue weighted by Crippen LogP contribution is -2.45. The Bertz CT molecular complexity index is 496. The van der Waals surface area contributed by atoms with Crippen molar-refractivity contribution in [1.82, 2.24) is 10.6 Å². The molecule has 0 saturated carbocycles. The van der Waals surface area contributed by atoms with E-state index >= 15 is 0 Å². The number of carbonyl (C=O) groups is 1. The molecule has 0 spiro atoms. The van der Waals surface area contributed by atoms with Gasteiger partial charge in [-0.15, -0.1) is 0 Å². The van der Waals surface area contributed by atoms with Crippen LogP contribution >= 0.6 is 0 Å². The zero-order chi connectivity index (χ0) is 13.8. The van der Waals surface area contributed by atoms with Gasteiger partial charge >= 0.3 is 0 Å². The zero-order valence-corrected chi connectivity index (χ0v) is 10.8. The molecule has 1 atom stereocenters. The quantitative estimate of drug-likeness (QED) is 0.637. The van der Waals surface area contributed by atoms with Crippen LogP contribution in [0.5, 0.6) is 0 Å². The van der Waals surface area contributed by atoms with Crippen LogP contribution in [-0.4, -0.2) is 30.0 Å². The SMILES string of the molecule is Cc1cccc([N+](=O)[O-])c1C(=O)N[C@H]1CCCNC1. The van der Waals surface area contributed by atoms with Crippen molar-refractivity contribution in [3.63, 3.8) is 0 Å². The fraction of sp³-hybridized carbons (Fsp3) is 0.462. The third-order valence-electron chi connectivity index (χ3n) is 3.31. The molecule has 0 aliphatic carbocycles. The number of hydrogen-bond acceptors (Lipinski definition) is 4. The lowest BCUT2D eigenvalue weighted by molar-refractivity contribution is -0.385. The fourth-order valence-electron chi connectivity index (χ4n) is 2.33. The van der Waals surface area contributed by atoms with Crippen LogP contribution in [0, 0.1) is 17.0 Å². The Morgan fingerprint density at radius 3 is 2.95 bits per heavy atom. The molecule has 1 aromatic carbocycles. The Hall–Kier alpha value is -1.95. The number of nitrogens with one attached hydrogen (secondary N) is 2. The Kier molecular flexibility index (Phi) is 4.11. The Morgan fingerprint density at radius 1 is 1.53 bits per heavy atom. The van der Waals surface area contributed by atoms with Gasteiger partial charge in [-0.05, 0) is 31.9 Å². The summed E-state index contributed by atoms with van der Waals surface area (Å²) in [6.45, 7) is 3.38. The van der Waals surface area contributed by atoms with E-state index in [0.29, 0.717) is 12.1 Å².